The Balaban J connectivity index is 1.88. The van der Waals surface area contributed by atoms with Crippen LogP contribution in [-0.4, -0.2) is 28.8 Å². The predicted octanol–water partition coefficient (Wildman–Crippen LogP) is 3.07. The predicted molar refractivity (Wildman–Crippen MR) is 97.5 cm³/mol. The fourth-order valence-electron chi connectivity index (χ4n) is 2.53. The van der Waals surface area contributed by atoms with E-state index < -0.39 is 0 Å². The Morgan fingerprint density at radius 2 is 1.80 bits per heavy atom. The Morgan fingerprint density at radius 1 is 1.08 bits per heavy atom. The summed E-state index contributed by atoms with van der Waals surface area (Å²) in [6, 6.07) is 12.9. The average Bonchev–Trinajstić information content (AvgIpc) is 3.04. The summed E-state index contributed by atoms with van der Waals surface area (Å²) in [5.41, 5.74) is 1.18. The Morgan fingerprint density at radius 3 is 2.52 bits per heavy atom. The van der Waals surface area contributed by atoms with Crippen molar-refractivity contribution in [1.82, 2.24) is 14.6 Å². The van der Waals surface area contributed by atoms with Gasteiger partial charge >= 0.3 is 0 Å². The summed E-state index contributed by atoms with van der Waals surface area (Å²) in [7, 11) is 3.07. The Hall–Kier alpha value is -3.13. The maximum absolute atomic E-state index is 12.8. The lowest BCUT2D eigenvalue weighted by atomic mass is 10.2. The van der Waals surface area contributed by atoms with Crippen LogP contribution in [0.1, 0.15) is 0 Å². The lowest BCUT2D eigenvalue weighted by molar-refractivity contribution is 0.355. The second-order valence-corrected chi connectivity index (χ2v) is 6.19. The highest BCUT2D eigenvalue weighted by molar-refractivity contribution is 7.20. The number of aromatic nitrogens is 3. The van der Waals surface area contributed by atoms with Crippen LogP contribution in [-0.2, 0) is 0 Å². The van der Waals surface area contributed by atoms with Crippen molar-refractivity contribution in [3.63, 3.8) is 0 Å². The molecule has 0 spiro atoms. The van der Waals surface area contributed by atoms with Crippen LogP contribution in [0.15, 0.2) is 47.3 Å². The standard InChI is InChI=1S/C17H14N4O3S/c1-23-13-8-11-12(9-14(13)24-2)19-17-21(15(11)22)20-16(25-17)18-10-6-4-3-5-7-10/h3-9H,1-2H3,(H,18,20). The van der Waals surface area contributed by atoms with Gasteiger partial charge in [0, 0.05) is 11.8 Å². The van der Waals surface area contributed by atoms with Gasteiger partial charge in [-0.25, -0.2) is 4.98 Å². The van der Waals surface area contributed by atoms with E-state index in [9.17, 15) is 4.79 Å². The molecule has 0 saturated carbocycles. The number of para-hydroxylation sites is 1. The van der Waals surface area contributed by atoms with Gasteiger partial charge in [0.2, 0.25) is 10.1 Å². The van der Waals surface area contributed by atoms with E-state index in [1.165, 1.54) is 23.0 Å². The summed E-state index contributed by atoms with van der Waals surface area (Å²) in [5.74, 6) is 1.00. The fraction of sp³-hybridized carbons (Fsp3) is 0.118. The van der Waals surface area contributed by atoms with Crippen LogP contribution in [0.5, 0.6) is 11.5 Å². The molecule has 2 aromatic carbocycles. The number of hydrogen-bond acceptors (Lipinski definition) is 7. The molecule has 0 aliphatic rings. The Labute approximate surface area is 146 Å². The normalized spacial score (nSPS) is 11.0. The highest BCUT2D eigenvalue weighted by Crippen LogP contribution is 2.31. The summed E-state index contributed by atoms with van der Waals surface area (Å²) in [4.78, 5) is 17.8. The van der Waals surface area contributed by atoms with E-state index in [4.69, 9.17) is 9.47 Å². The van der Waals surface area contributed by atoms with Gasteiger partial charge in [0.1, 0.15) is 0 Å². The number of anilines is 2. The highest BCUT2D eigenvalue weighted by atomic mass is 32.1. The molecule has 0 unspecified atom stereocenters. The maximum Gasteiger partial charge on any atom is 0.283 e. The van der Waals surface area contributed by atoms with Crippen LogP contribution >= 0.6 is 11.3 Å². The number of methoxy groups -OCH3 is 2. The molecular weight excluding hydrogens is 340 g/mol. The van der Waals surface area contributed by atoms with Gasteiger partial charge < -0.3 is 14.8 Å². The van der Waals surface area contributed by atoms with Gasteiger partial charge in [0.15, 0.2) is 11.5 Å². The van der Waals surface area contributed by atoms with Crippen LogP contribution in [0, 0.1) is 0 Å². The lowest BCUT2D eigenvalue weighted by Gasteiger charge is -2.08. The van der Waals surface area contributed by atoms with Crippen LogP contribution < -0.4 is 20.3 Å². The minimum atomic E-state index is -0.252. The molecule has 0 atom stereocenters. The molecule has 0 saturated heterocycles. The van der Waals surface area contributed by atoms with E-state index in [0.29, 0.717) is 32.5 Å². The zero-order valence-corrected chi connectivity index (χ0v) is 14.3. The second kappa shape index (κ2) is 6.06. The van der Waals surface area contributed by atoms with Crippen molar-refractivity contribution in [2.75, 3.05) is 19.5 Å². The third kappa shape index (κ3) is 2.66. The summed E-state index contributed by atoms with van der Waals surface area (Å²) in [6.07, 6.45) is 0. The number of fused-ring (bicyclic) bond motifs is 2. The first-order valence-electron chi connectivity index (χ1n) is 7.47. The molecule has 0 radical (unpaired) electrons. The minimum absolute atomic E-state index is 0.252. The van der Waals surface area contributed by atoms with Crippen molar-refractivity contribution >= 4 is 38.0 Å². The smallest absolute Gasteiger partial charge is 0.283 e. The quantitative estimate of drug-likeness (QED) is 0.607. The molecular formula is C17H14N4O3S. The van der Waals surface area contributed by atoms with E-state index in [1.807, 2.05) is 30.3 Å². The van der Waals surface area contributed by atoms with Gasteiger partial charge in [-0.2, -0.15) is 4.52 Å². The van der Waals surface area contributed by atoms with Gasteiger partial charge in [0.25, 0.3) is 5.56 Å². The molecule has 8 heteroatoms. The van der Waals surface area contributed by atoms with Crippen molar-refractivity contribution in [3.05, 3.63) is 52.8 Å². The van der Waals surface area contributed by atoms with Crippen LogP contribution in [0.2, 0.25) is 0 Å². The van der Waals surface area contributed by atoms with Gasteiger partial charge in [0.05, 0.1) is 25.1 Å². The number of nitrogens with one attached hydrogen (secondary N) is 1. The monoisotopic (exact) mass is 354 g/mol. The summed E-state index contributed by atoms with van der Waals surface area (Å²) in [5, 5.41) is 8.52. The topological polar surface area (TPSA) is 77.8 Å². The van der Waals surface area contributed by atoms with Gasteiger partial charge in [-0.15, -0.1) is 5.10 Å². The molecule has 0 aliphatic carbocycles. The molecule has 25 heavy (non-hydrogen) atoms. The molecule has 2 heterocycles. The van der Waals surface area contributed by atoms with E-state index >= 15 is 0 Å². The van der Waals surface area contributed by atoms with Crippen molar-refractivity contribution in [2.24, 2.45) is 0 Å². The molecule has 0 aliphatic heterocycles. The zero-order valence-electron chi connectivity index (χ0n) is 13.5. The van der Waals surface area contributed by atoms with Crippen LogP contribution in [0.25, 0.3) is 15.9 Å². The summed E-state index contributed by atoms with van der Waals surface area (Å²) >= 11 is 1.30. The van der Waals surface area contributed by atoms with Gasteiger partial charge in [-0.05, 0) is 18.2 Å². The number of ether oxygens (including phenoxy) is 2. The number of nitrogens with zero attached hydrogens (tertiary/aromatic N) is 3. The molecule has 0 bridgehead atoms. The Bertz CT molecular complexity index is 1120. The third-order valence-corrected chi connectivity index (χ3v) is 4.55. The van der Waals surface area contributed by atoms with Crippen molar-refractivity contribution < 1.29 is 9.47 Å². The first-order chi connectivity index (χ1) is 12.2. The average molecular weight is 354 g/mol. The molecule has 0 fully saturated rings. The van der Waals surface area contributed by atoms with Crippen molar-refractivity contribution in [1.29, 1.82) is 0 Å². The molecule has 2 aromatic heterocycles. The SMILES string of the molecule is COc1cc2nc3sc(Nc4ccccc4)nn3c(=O)c2cc1OC. The van der Waals surface area contributed by atoms with E-state index in [-0.39, 0.29) is 5.56 Å². The highest BCUT2D eigenvalue weighted by Gasteiger charge is 2.14. The third-order valence-electron chi connectivity index (χ3n) is 3.73. The lowest BCUT2D eigenvalue weighted by Crippen LogP contribution is -2.15. The maximum atomic E-state index is 12.8. The molecule has 7 nitrogen and oxygen atoms in total. The molecule has 4 rings (SSSR count). The minimum Gasteiger partial charge on any atom is -0.493 e. The molecule has 126 valence electrons. The largest absolute Gasteiger partial charge is 0.493 e. The molecule has 1 N–H and O–H groups in total. The number of hydrogen-bond donors (Lipinski definition) is 1. The second-order valence-electron chi connectivity index (χ2n) is 5.23. The first kappa shape index (κ1) is 15.4. The first-order valence-corrected chi connectivity index (χ1v) is 8.29. The van der Waals surface area contributed by atoms with E-state index in [1.54, 1.807) is 19.2 Å². The van der Waals surface area contributed by atoms with Gasteiger partial charge in [-0.3, -0.25) is 4.79 Å². The Kier molecular flexibility index (Phi) is 3.73. The van der Waals surface area contributed by atoms with Crippen LogP contribution in [0.3, 0.4) is 0 Å². The van der Waals surface area contributed by atoms with Crippen LogP contribution in [0.4, 0.5) is 10.8 Å². The summed E-state index contributed by atoms with van der Waals surface area (Å²) in [6.45, 7) is 0. The number of benzene rings is 2. The number of rotatable bonds is 4. The fourth-order valence-corrected chi connectivity index (χ4v) is 3.35. The van der Waals surface area contributed by atoms with E-state index in [0.717, 1.165) is 5.69 Å². The summed E-state index contributed by atoms with van der Waals surface area (Å²) < 4.78 is 11.8. The van der Waals surface area contributed by atoms with E-state index in [2.05, 4.69) is 15.4 Å². The van der Waals surface area contributed by atoms with Gasteiger partial charge in [-0.1, -0.05) is 29.5 Å². The van der Waals surface area contributed by atoms with Crippen molar-refractivity contribution in [2.45, 2.75) is 0 Å². The zero-order chi connectivity index (χ0) is 17.4. The molecule has 4 aromatic rings. The van der Waals surface area contributed by atoms with Crippen molar-refractivity contribution in [3.8, 4) is 11.5 Å². The molecule has 0 amide bonds.